The summed E-state index contributed by atoms with van der Waals surface area (Å²) in [6.07, 6.45) is 0.494. The second kappa shape index (κ2) is 8.84. The maximum atomic E-state index is 14.3. The first-order chi connectivity index (χ1) is 15.0. The molecule has 2 amide bonds. The second-order valence-corrected chi connectivity index (χ2v) is 7.45. The minimum Gasteiger partial charge on any atom is -0.360 e. The first-order valence-electron chi connectivity index (χ1n) is 9.52. The van der Waals surface area contributed by atoms with Crippen LogP contribution in [0.15, 0.2) is 53.1 Å². The smallest absolute Gasteiger partial charge is 0.275 e. The number of aromatic nitrogens is 1. The molecule has 1 aromatic heterocycles. The van der Waals surface area contributed by atoms with Crippen molar-refractivity contribution in [2.45, 2.75) is 25.4 Å². The summed E-state index contributed by atoms with van der Waals surface area (Å²) in [5, 5.41) is 3.86. The van der Waals surface area contributed by atoms with Gasteiger partial charge in [-0.3, -0.25) is 20.4 Å². The lowest BCUT2D eigenvalue weighted by Crippen LogP contribution is -2.50. The molecule has 1 aliphatic heterocycles. The molecule has 1 saturated heterocycles. The molecular formula is C21H19ClFN5O3. The monoisotopic (exact) mass is 443 g/mol. The van der Waals surface area contributed by atoms with Crippen LogP contribution in [0.1, 0.15) is 34.1 Å². The molecule has 2 unspecified atom stereocenters. The van der Waals surface area contributed by atoms with Crippen LogP contribution in [0.25, 0.3) is 11.3 Å². The molecule has 10 heteroatoms. The molecule has 2 atom stereocenters. The molecule has 2 heterocycles. The van der Waals surface area contributed by atoms with Gasteiger partial charge in [0.05, 0.1) is 10.6 Å². The van der Waals surface area contributed by atoms with Gasteiger partial charge in [-0.15, -0.1) is 0 Å². The number of benzene rings is 2. The van der Waals surface area contributed by atoms with Crippen molar-refractivity contribution < 1.29 is 18.5 Å². The normalized spacial score (nSPS) is 18.0. The Bertz CT molecular complexity index is 1100. The van der Waals surface area contributed by atoms with Crippen LogP contribution in [0.2, 0.25) is 5.02 Å². The Morgan fingerprint density at radius 2 is 1.90 bits per heavy atom. The summed E-state index contributed by atoms with van der Waals surface area (Å²) >= 11 is 6.09. The Kier molecular flexibility index (Phi) is 5.99. The highest BCUT2D eigenvalue weighted by Gasteiger charge is 2.31. The highest BCUT2D eigenvalue weighted by molar-refractivity contribution is 6.33. The van der Waals surface area contributed by atoms with Crippen molar-refractivity contribution in [2.24, 2.45) is 0 Å². The van der Waals surface area contributed by atoms with Crippen LogP contribution in [0.5, 0.6) is 0 Å². The van der Waals surface area contributed by atoms with Gasteiger partial charge in [-0.2, -0.15) is 0 Å². The molecule has 0 saturated carbocycles. The number of hydrogen-bond acceptors (Lipinski definition) is 6. The van der Waals surface area contributed by atoms with Crippen molar-refractivity contribution in [1.82, 2.24) is 26.9 Å². The van der Waals surface area contributed by atoms with Gasteiger partial charge >= 0.3 is 0 Å². The van der Waals surface area contributed by atoms with E-state index in [9.17, 15) is 14.0 Å². The Labute approximate surface area is 182 Å². The Morgan fingerprint density at radius 3 is 2.65 bits per heavy atom. The van der Waals surface area contributed by atoms with E-state index < -0.39 is 23.7 Å². The zero-order chi connectivity index (χ0) is 22.0. The average molecular weight is 444 g/mol. The lowest BCUT2D eigenvalue weighted by atomic mass is 10.0. The molecule has 0 bridgehead atoms. The molecule has 4 rings (SSSR count). The zero-order valence-electron chi connectivity index (χ0n) is 16.4. The van der Waals surface area contributed by atoms with Gasteiger partial charge in [-0.1, -0.05) is 53.2 Å². The van der Waals surface area contributed by atoms with Crippen molar-refractivity contribution in [3.05, 3.63) is 76.3 Å². The topological polar surface area (TPSA) is 108 Å². The van der Waals surface area contributed by atoms with Crippen molar-refractivity contribution in [1.29, 1.82) is 0 Å². The lowest BCUT2D eigenvalue weighted by Gasteiger charge is -2.12. The first kappa shape index (κ1) is 21.0. The number of halogens is 2. The number of carbonyl (C=O) groups is 2. The quantitative estimate of drug-likeness (QED) is 0.462. The number of amides is 2. The van der Waals surface area contributed by atoms with Gasteiger partial charge in [0.2, 0.25) is 0 Å². The number of carbonyl (C=O) groups excluding carboxylic acids is 2. The summed E-state index contributed by atoms with van der Waals surface area (Å²) in [6, 6.07) is 13.2. The molecule has 3 aromatic rings. The Balaban J connectivity index is 1.43. The summed E-state index contributed by atoms with van der Waals surface area (Å²) in [6.45, 7) is 1.51. The molecule has 0 radical (unpaired) electrons. The van der Waals surface area contributed by atoms with Crippen molar-refractivity contribution in [2.75, 3.05) is 0 Å². The van der Waals surface area contributed by atoms with Crippen LogP contribution in [0, 0.1) is 12.7 Å². The number of hydrazine groups is 2. The lowest BCUT2D eigenvalue weighted by molar-refractivity contribution is -0.123. The molecule has 1 fully saturated rings. The number of hydrogen-bond donors (Lipinski definition) is 4. The van der Waals surface area contributed by atoms with Crippen LogP contribution >= 0.6 is 11.6 Å². The molecule has 160 valence electrons. The third kappa shape index (κ3) is 4.29. The number of aryl methyl sites for hydroxylation is 1. The molecule has 31 heavy (non-hydrogen) atoms. The van der Waals surface area contributed by atoms with E-state index in [0.29, 0.717) is 6.42 Å². The van der Waals surface area contributed by atoms with Gasteiger partial charge in [0.25, 0.3) is 11.8 Å². The fourth-order valence-electron chi connectivity index (χ4n) is 3.43. The summed E-state index contributed by atoms with van der Waals surface area (Å²) in [7, 11) is 0. The standard InChI is InChI=1S/C21H19ClFN5O3/c1-11-17(19(28-31-11)18-13(22)8-5-9-14(18)23)21(30)27-26-20(29)16-10-15(24-25-16)12-6-3-2-4-7-12/h2-9,15-16,24-25H,10H2,1H3,(H,26,29)(H,27,30). The van der Waals surface area contributed by atoms with E-state index in [1.54, 1.807) is 0 Å². The van der Waals surface area contributed by atoms with Crippen LogP contribution in [0.3, 0.4) is 0 Å². The minimum absolute atomic E-state index is 0.0213. The van der Waals surface area contributed by atoms with Crippen molar-refractivity contribution in [3.63, 3.8) is 0 Å². The number of nitrogens with one attached hydrogen (secondary N) is 4. The van der Waals surface area contributed by atoms with E-state index in [1.165, 1.54) is 25.1 Å². The van der Waals surface area contributed by atoms with E-state index in [0.717, 1.165) is 5.56 Å². The highest BCUT2D eigenvalue weighted by Crippen LogP contribution is 2.33. The van der Waals surface area contributed by atoms with Gasteiger partial charge in [0, 0.05) is 6.04 Å². The summed E-state index contributed by atoms with van der Waals surface area (Å²) < 4.78 is 19.4. The molecular weight excluding hydrogens is 425 g/mol. The molecule has 1 aliphatic rings. The predicted octanol–water partition coefficient (Wildman–Crippen LogP) is 2.81. The molecule has 2 aromatic carbocycles. The van der Waals surface area contributed by atoms with Crippen molar-refractivity contribution >= 4 is 23.4 Å². The van der Waals surface area contributed by atoms with Gasteiger partial charge in [-0.05, 0) is 31.0 Å². The molecule has 0 spiro atoms. The van der Waals surface area contributed by atoms with E-state index in [1.807, 2.05) is 30.3 Å². The largest absolute Gasteiger partial charge is 0.360 e. The fourth-order valence-corrected chi connectivity index (χ4v) is 3.69. The molecule has 0 aliphatic carbocycles. The van der Waals surface area contributed by atoms with E-state index in [4.69, 9.17) is 16.1 Å². The van der Waals surface area contributed by atoms with Crippen LogP contribution in [0.4, 0.5) is 4.39 Å². The minimum atomic E-state index is -0.702. The number of nitrogens with zero attached hydrogens (tertiary/aromatic N) is 1. The fraction of sp³-hybridized carbons (Fsp3) is 0.190. The van der Waals surface area contributed by atoms with Gasteiger partial charge in [0.15, 0.2) is 0 Å². The zero-order valence-corrected chi connectivity index (χ0v) is 17.2. The molecule has 4 N–H and O–H groups in total. The maximum absolute atomic E-state index is 14.3. The summed E-state index contributed by atoms with van der Waals surface area (Å²) in [4.78, 5) is 25.2. The predicted molar refractivity (Wildman–Crippen MR) is 111 cm³/mol. The van der Waals surface area contributed by atoms with Gasteiger partial charge in [-0.25, -0.2) is 15.2 Å². The number of rotatable bonds is 4. The SMILES string of the molecule is Cc1onc(-c2c(F)cccc2Cl)c1C(=O)NNC(=O)C1CC(c2ccccc2)NN1. The van der Waals surface area contributed by atoms with E-state index >= 15 is 0 Å². The highest BCUT2D eigenvalue weighted by atomic mass is 35.5. The maximum Gasteiger partial charge on any atom is 0.275 e. The van der Waals surface area contributed by atoms with Gasteiger partial charge in [0.1, 0.15) is 28.9 Å². The third-order valence-electron chi connectivity index (χ3n) is 5.01. The van der Waals surface area contributed by atoms with E-state index in [-0.39, 0.29) is 33.6 Å². The summed E-state index contributed by atoms with van der Waals surface area (Å²) in [5.41, 5.74) is 11.6. The van der Waals surface area contributed by atoms with Crippen LogP contribution in [-0.2, 0) is 4.79 Å². The second-order valence-electron chi connectivity index (χ2n) is 7.04. The van der Waals surface area contributed by atoms with Gasteiger partial charge < -0.3 is 4.52 Å². The van der Waals surface area contributed by atoms with Crippen molar-refractivity contribution in [3.8, 4) is 11.3 Å². The first-order valence-corrected chi connectivity index (χ1v) is 9.90. The van der Waals surface area contributed by atoms with E-state index in [2.05, 4.69) is 26.9 Å². The van der Waals surface area contributed by atoms with Crippen LogP contribution < -0.4 is 21.7 Å². The third-order valence-corrected chi connectivity index (χ3v) is 5.33. The van der Waals surface area contributed by atoms with Crippen LogP contribution in [-0.4, -0.2) is 23.0 Å². The average Bonchev–Trinajstić information content (AvgIpc) is 3.40. The Hall–Kier alpha value is -3.27. The molecule has 8 nitrogen and oxygen atoms in total. The summed E-state index contributed by atoms with van der Waals surface area (Å²) in [5.74, 6) is -1.62. The Morgan fingerprint density at radius 1 is 1.13 bits per heavy atom.